The van der Waals surface area contributed by atoms with E-state index < -0.39 is 17.3 Å². The molecule has 9 nitrogen and oxygen atoms in total. The number of halogens is 1. The third-order valence-corrected chi connectivity index (χ3v) is 4.73. The fourth-order valence-corrected chi connectivity index (χ4v) is 3.25. The SMILES string of the molecule is C[C@H](NC(=O)Cn1cnc2c1c(=O)[nH]c(=O)n2C)c1cc2cc(Cl)ccc2o1. The Morgan fingerprint density at radius 3 is 2.93 bits per heavy atom. The predicted octanol–water partition coefficient (Wildman–Crippen LogP) is 1.70. The van der Waals surface area contributed by atoms with Crippen LogP contribution < -0.4 is 16.6 Å². The molecule has 28 heavy (non-hydrogen) atoms. The molecule has 4 aromatic rings. The monoisotopic (exact) mass is 401 g/mol. The lowest BCUT2D eigenvalue weighted by Crippen LogP contribution is -2.32. The first-order valence-corrected chi connectivity index (χ1v) is 8.84. The van der Waals surface area contributed by atoms with Crippen molar-refractivity contribution in [2.24, 2.45) is 7.05 Å². The van der Waals surface area contributed by atoms with Gasteiger partial charge >= 0.3 is 5.69 Å². The van der Waals surface area contributed by atoms with E-state index in [4.69, 9.17) is 16.0 Å². The van der Waals surface area contributed by atoms with E-state index in [1.807, 2.05) is 6.07 Å². The summed E-state index contributed by atoms with van der Waals surface area (Å²) in [6.45, 7) is 1.66. The van der Waals surface area contributed by atoms with Crippen molar-refractivity contribution in [3.05, 3.63) is 62.2 Å². The number of rotatable bonds is 4. The van der Waals surface area contributed by atoms with Crippen molar-refractivity contribution in [3.63, 3.8) is 0 Å². The highest BCUT2D eigenvalue weighted by atomic mass is 35.5. The van der Waals surface area contributed by atoms with Crippen LogP contribution in [-0.2, 0) is 18.4 Å². The van der Waals surface area contributed by atoms with E-state index >= 15 is 0 Å². The van der Waals surface area contributed by atoms with Crippen molar-refractivity contribution in [1.82, 2.24) is 24.4 Å². The molecule has 0 radical (unpaired) electrons. The van der Waals surface area contributed by atoms with Gasteiger partial charge in [-0.2, -0.15) is 0 Å². The first-order chi connectivity index (χ1) is 13.3. The predicted molar refractivity (Wildman–Crippen MR) is 103 cm³/mol. The minimum absolute atomic E-state index is 0.131. The number of aryl methyl sites for hydroxylation is 1. The molecule has 0 aliphatic rings. The fourth-order valence-electron chi connectivity index (χ4n) is 3.07. The van der Waals surface area contributed by atoms with E-state index in [1.54, 1.807) is 25.1 Å². The Balaban J connectivity index is 1.55. The molecular weight excluding hydrogens is 386 g/mol. The molecule has 0 aliphatic carbocycles. The molecular formula is C18H16ClN5O4. The average molecular weight is 402 g/mol. The first kappa shape index (κ1) is 18.1. The molecule has 3 heterocycles. The lowest BCUT2D eigenvalue weighted by atomic mass is 10.2. The number of benzene rings is 1. The van der Waals surface area contributed by atoms with Crippen LogP contribution in [0.25, 0.3) is 22.1 Å². The number of hydrogen-bond donors (Lipinski definition) is 2. The summed E-state index contributed by atoms with van der Waals surface area (Å²) >= 11 is 5.98. The summed E-state index contributed by atoms with van der Waals surface area (Å²) in [7, 11) is 1.49. The second kappa shape index (κ2) is 6.68. The maximum absolute atomic E-state index is 12.5. The third-order valence-electron chi connectivity index (χ3n) is 4.49. The molecule has 1 amide bonds. The van der Waals surface area contributed by atoms with Crippen LogP contribution in [0.1, 0.15) is 18.7 Å². The van der Waals surface area contributed by atoms with Gasteiger partial charge in [0.05, 0.1) is 12.4 Å². The molecule has 0 saturated heterocycles. The Hall–Kier alpha value is -3.33. The number of furan rings is 1. The highest BCUT2D eigenvalue weighted by Gasteiger charge is 2.17. The van der Waals surface area contributed by atoms with Gasteiger partial charge in [0.15, 0.2) is 11.2 Å². The van der Waals surface area contributed by atoms with Crippen molar-refractivity contribution in [1.29, 1.82) is 0 Å². The molecule has 144 valence electrons. The molecule has 0 aliphatic heterocycles. The Bertz CT molecular complexity index is 1330. The summed E-state index contributed by atoms with van der Waals surface area (Å²) in [5.41, 5.74) is -0.114. The first-order valence-electron chi connectivity index (χ1n) is 8.46. The van der Waals surface area contributed by atoms with Gasteiger partial charge in [-0.05, 0) is 31.2 Å². The van der Waals surface area contributed by atoms with Crippen LogP contribution in [0.2, 0.25) is 5.02 Å². The second-order valence-corrected chi connectivity index (χ2v) is 6.92. The molecule has 0 saturated carbocycles. The molecule has 4 rings (SSSR count). The minimum Gasteiger partial charge on any atom is -0.459 e. The van der Waals surface area contributed by atoms with Crippen LogP contribution in [0.5, 0.6) is 0 Å². The van der Waals surface area contributed by atoms with Gasteiger partial charge in [-0.15, -0.1) is 0 Å². The Morgan fingerprint density at radius 2 is 2.14 bits per heavy atom. The number of nitrogens with one attached hydrogen (secondary N) is 2. The lowest BCUT2D eigenvalue weighted by molar-refractivity contribution is -0.122. The zero-order valence-electron chi connectivity index (χ0n) is 15.0. The minimum atomic E-state index is -0.592. The third kappa shape index (κ3) is 3.09. The quantitative estimate of drug-likeness (QED) is 0.540. The van der Waals surface area contributed by atoms with Crippen molar-refractivity contribution in [2.45, 2.75) is 19.5 Å². The van der Waals surface area contributed by atoms with Crippen LogP contribution >= 0.6 is 11.6 Å². The van der Waals surface area contributed by atoms with Gasteiger partial charge in [0.2, 0.25) is 5.91 Å². The second-order valence-electron chi connectivity index (χ2n) is 6.48. The van der Waals surface area contributed by atoms with E-state index in [0.29, 0.717) is 16.4 Å². The van der Waals surface area contributed by atoms with Gasteiger partial charge in [0.25, 0.3) is 5.56 Å². The average Bonchev–Trinajstić information content (AvgIpc) is 3.23. The van der Waals surface area contributed by atoms with E-state index in [0.717, 1.165) is 5.39 Å². The molecule has 1 atom stereocenters. The Labute approximate surface area is 162 Å². The van der Waals surface area contributed by atoms with E-state index in [2.05, 4.69) is 15.3 Å². The summed E-state index contributed by atoms with van der Waals surface area (Å²) in [6, 6.07) is 6.71. The van der Waals surface area contributed by atoms with Gasteiger partial charge in [0, 0.05) is 17.5 Å². The molecule has 1 aromatic carbocycles. The number of hydrogen-bond acceptors (Lipinski definition) is 5. The van der Waals surface area contributed by atoms with Crippen LogP contribution in [0.3, 0.4) is 0 Å². The van der Waals surface area contributed by atoms with Crippen LogP contribution in [0.15, 0.2) is 44.6 Å². The van der Waals surface area contributed by atoms with E-state index in [-0.39, 0.29) is 23.6 Å². The largest absolute Gasteiger partial charge is 0.459 e. The van der Waals surface area contributed by atoms with Crippen molar-refractivity contribution < 1.29 is 9.21 Å². The maximum atomic E-state index is 12.5. The zero-order chi connectivity index (χ0) is 20.0. The normalized spacial score (nSPS) is 12.5. The lowest BCUT2D eigenvalue weighted by Gasteiger charge is -2.12. The molecule has 10 heteroatoms. The topological polar surface area (TPSA) is 115 Å². The molecule has 2 N–H and O–H groups in total. The van der Waals surface area contributed by atoms with E-state index in [1.165, 1.54) is 22.5 Å². The highest BCUT2D eigenvalue weighted by molar-refractivity contribution is 6.31. The molecule has 0 bridgehead atoms. The van der Waals surface area contributed by atoms with Gasteiger partial charge < -0.3 is 14.3 Å². The maximum Gasteiger partial charge on any atom is 0.329 e. The van der Waals surface area contributed by atoms with Crippen molar-refractivity contribution in [3.8, 4) is 0 Å². The van der Waals surface area contributed by atoms with Gasteiger partial charge in [-0.1, -0.05) is 11.6 Å². The molecule has 0 fully saturated rings. The summed E-state index contributed by atoms with van der Waals surface area (Å²) in [4.78, 5) is 42.5. The number of carbonyl (C=O) groups is 1. The number of amides is 1. The molecule has 3 aromatic heterocycles. The standard InChI is InChI=1S/C18H16ClN5O4/c1-9(13-6-10-5-11(19)3-4-12(10)28-13)21-14(25)7-24-8-20-16-15(24)17(26)22-18(27)23(16)2/h3-6,8-9H,7H2,1-2H3,(H,21,25)(H,22,26,27)/t9-/m0/s1. The smallest absolute Gasteiger partial charge is 0.329 e. The van der Waals surface area contributed by atoms with Gasteiger partial charge in [0.1, 0.15) is 17.9 Å². The number of fused-ring (bicyclic) bond motifs is 2. The van der Waals surface area contributed by atoms with Crippen LogP contribution in [0.4, 0.5) is 0 Å². The summed E-state index contributed by atoms with van der Waals surface area (Å²) in [5, 5.41) is 4.27. The molecule has 0 unspecified atom stereocenters. The van der Waals surface area contributed by atoms with Crippen molar-refractivity contribution in [2.75, 3.05) is 0 Å². The Kier molecular flexibility index (Phi) is 4.31. The summed E-state index contributed by atoms with van der Waals surface area (Å²) < 4.78 is 8.37. The number of aromatic amines is 1. The zero-order valence-corrected chi connectivity index (χ0v) is 15.8. The van der Waals surface area contributed by atoms with Gasteiger partial charge in [-0.3, -0.25) is 19.1 Å². The summed E-state index contributed by atoms with van der Waals surface area (Å²) in [6.07, 6.45) is 1.35. The number of carbonyl (C=O) groups excluding carboxylic acids is 1. The van der Waals surface area contributed by atoms with E-state index in [9.17, 15) is 14.4 Å². The Morgan fingerprint density at radius 1 is 1.36 bits per heavy atom. The van der Waals surface area contributed by atoms with Gasteiger partial charge in [-0.25, -0.2) is 9.78 Å². The highest BCUT2D eigenvalue weighted by Crippen LogP contribution is 2.26. The van der Waals surface area contributed by atoms with Crippen molar-refractivity contribution >= 4 is 39.6 Å². The number of aromatic nitrogens is 4. The number of H-pyrrole nitrogens is 1. The summed E-state index contributed by atoms with van der Waals surface area (Å²) in [5.74, 6) is 0.250. The molecule has 0 spiro atoms. The number of nitrogens with zero attached hydrogens (tertiary/aromatic N) is 3. The van der Waals surface area contributed by atoms with Crippen LogP contribution in [0, 0.1) is 0 Å². The van der Waals surface area contributed by atoms with Crippen LogP contribution in [-0.4, -0.2) is 25.0 Å². The number of imidazole rings is 1. The fraction of sp³-hybridized carbons (Fsp3) is 0.222.